The highest BCUT2D eigenvalue weighted by Gasteiger charge is 2.14. The Kier molecular flexibility index (Phi) is 2.43. The molecule has 0 aliphatic rings. The molecule has 0 aromatic carbocycles. The maximum Gasteiger partial charge on any atom is 0.292 e. The Bertz CT molecular complexity index is 312. The van der Waals surface area contributed by atoms with E-state index in [1.807, 2.05) is 0 Å². The molecule has 0 unspecified atom stereocenters. The first kappa shape index (κ1) is 9.13. The number of methoxy groups -OCH3 is 1. The lowest BCUT2D eigenvalue weighted by atomic mass is 10.2. The monoisotopic (exact) mass is 187 g/mol. The summed E-state index contributed by atoms with van der Waals surface area (Å²) >= 11 is 5.70. The van der Waals surface area contributed by atoms with Gasteiger partial charge in [0.1, 0.15) is 5.75 Å². The van der Waals surface area contributed by atoms with Crippen LogP contribution >= 0.6 is 11.6 Å². The van der Waals surface area contributed by atoms with E-state index in [2.05, 4.69) is 0 Å². The van der Waals surface area contributed by atoms with Gasteiger partial charge in [0.15, 0.2) is 6.20 Å². The quantitative estimate of drug-likeness (QED) is 0.380. The number of rotatable bonds is 1. The van der Waals surface area contributed by atoms with E-state index in [4.69, 9.17) is 16.3 Å². The second kappa shape index (κ2) is 3.19. The van der Waals surface area contributed by atoms with Crippen molar-refractivity contribution in [3.8, 4) is 5.75 Å². The molecule has 1 heterocycles. The number of ether oxygens (including phenoxy) is 1. The summed E-state index contributed by atoms with van der Waals surface area (Å²) in [5.41, 5.74) is 1.46. The zero-order valence-corrected chi connectivity index (χ0v) is 7.97. The van der Waals surface area contributed by atoms with Crippen molar-refractivity contribution in [2.75, 3.05) is 7.11 Å². The molecule has 4 heteroatoms. The molecule has 1 aromatic heterocycles. The number of hydrogen-bond donors (Lipinski definition) is 0. The highest BCUT2D eigenvalue weighted by atomic mass is 35.5. The third-order valence-electron chi connectivity index (χ3n) is 1.72. The van der Waals surface area contributed by atoms with Gasteiger partial charge in [-0.1, -0.05) is 0 Å². The molecule has 0 amide bonds. The van der Waals surface area contributed by atoms with Gasteiger partial charge in [-0.3, -0.25) is 0 Å². The smallest absolute Gasteiger partial charge is 0.292 e. The molecular formula is C8H10ClNO2. The summed E-state index contributed by atoms with van der Waals surface area (Å²) in [5, 5.41) is 11.2. The minimum absolute atomic E-state index is 0.164. The summed E-state index contributed by atoms with van der Waals surface area (Å²) in [4.78, 5) is 0. The first-order valence-corrected chi connectivity index (χ1v) is 3.88. The van der Waals surface area contributed by atoms with Crippen LogP contribution in [0.25, 0.3) is 0 Å². The molecule has 0 atom stereocenters. The van der Waals surface area contributed by atoms with Crippen LogP contribution in [0, 0.1) is 19.1 Å². The predicted octanol–water partition coefficient (Wildman–Crippen LogP) is 1.60. The fourth-order valence-electron chi connectivity index (χ4n) is 1.16. The van der Waals surface area contributed by atoms with Crippen molar-refractivity contribution in [1.82, 2.24) is 0 Å². The van der Waals surface area contributed by atoms with Gasteiger partial charge in [-0.15, -0.1) is 0 Å². The van der Waals surface area contributed by atoms with Crippen LogP contribution in [-0.2, 0) is 0 Å². The van der Waals surface area contributed by atoms with Crippen LogP contribution < -0.4 is 9.47 Å². The van der Waals surface area contributed by atoms with Gasteiger partial charge in [0.25, 0.3) is 5.15 Å². The van der Waals surface area contributed by atoms with Gasteiger partial charge in [0.2, 0.25) is 0 Å². The molecule has 0 saturated carbocycles. The van der Waals surface area contributed by atoms with Crippen molar-refractivity contribution in [2.45, 2.75) is 13.8 Å². The zero-order chi connectivity index (χ0) is 9.30. The zero-order valence-electron chi connectivity index (χ0n) is 7.22. The maximum atomic E-state index is 11.1. The molecule has 0 saturated heterocycles. The summed E-state index contributed by atoms with van der Waals surface area (Å²) in [6, 6.07) is 0. The lowest BCUT2D eigenvalue weighted by Crippen LogP contribution is -2.28. The second-order valence-corrected chi connectivity index (χ2v) is 2.94. The number of aromatic nitrogens is 1. The van der Waals surface area contributed by atoms with Gasteiger partial charge in [0, 0.05) is 0 Å². The van der Waals surface area contributed by atoms with E-state index in [0.29, 0.717) is 16.0 Å². The number of nitrogens with zero attached hydrogens (tertiary/aromatic N) is 1. The van der Waals surface area contributed by atoms with Gasteiger partial charge in [0.05, 0.1) is 18.2 Å². The standard InChI is InChI=1S/C8H10ClNO2/c1-5-4-10(11)8(9)6(2)7(5)12-3/h4H,1-3H3. The molecule has 0 radical (unpaired) electrons. The van der Waals surface area contributed by atoms with Crippen LogP contribution in [0.1, 0.15) is 11.1 Å². The van der Waals surface area contributed by atoms with Gasteiger partial charge in [-0.2, -0.15) is 4.73 Å². The number of pyridine rings is 1. The molecular weight excluding hydrogens is 178 g/mol. The van der Waals surface area contributed by atoms with E-state index >= 15 is 0 Å². The van der Waals surface area contributed by atoms with Gasteiger partial charge < -0.3 is 9.94 Å². The second-order valence-electron chi connectivity index (χ2n) is 2.59. The largest absolute Gasteiger partial charge is 0.618 e. The fraction of sp³-hybridized carbons (Fsp3) is 0.375. The van der Waals surface area contributed by atoms with Crippen LogP contribution in [0.3, 0.4) is 0 Å². The molecule has 12 heavy (non-hydrogen) atoms. The van der Waals surface area contributed by atoms with E-state index in [9.17, 15) is 5.21 Å². The Morgan fingerprint density at radius 2 is 2.08 bits per heavy atom. The summed E-state index contributed by atoms with van der Waals surface area (Å²) in [6.45, 7) is 3.55. The Morgan fingerprint density at radius 1 is 1.50 bits per heavy atom. The molecule has 66 valence electrons. The summed E-state index contributed by atoms with van der Waals surface area (Å²) in [6.07, 6.45) is 1.40. The van der Waals surface area contributed by atoms with Crippen LogP contribution in [0.5, 0.6) is 5.75 Å². The van der Waals surface area contributed by atoms with Crippen molar-refractivity contribution in [3.05, 3.63) is 27.7 Å². The third kappa shape index (κ3) is 1.32. The van der Waals surface area contributed by atoms with Crippen LogP contribution in [-0.4, -0.2) is 7.11 Å². The molecule has 0 aliphatic carbocycles. The normalized spacial score (nSPS) is 10.0. The first-order chi connectivity index (χ1) is 5.57. The predicted molar refractivity (Wildman–Crippen MR) is 46.4 cm³/mol. The molecule has 1 aromatic rings. The molecule has 0 aliphatic heterocycles. The number of aryl methyl sites for hydroxylation is 1. The summed E-state index contributed by atoms with van der Waals surface area (Å²) in [5.74, 6) is 0.673. The van der Waals surface area contributed by atoms with Crippen molar-refractivity contribution in [3.63, 3.8) is 0 Å². The average molecular weight is 188 g/mol. The minimum atomic E-state index is 0.164. The highest BCUT2D eigenvalue weighted by Crippen LogP contribution is 2.25. The van der Waals surface area contributed by atoms with Crippen molar-refractivity contribution in [2.24, 2.45) is 0 Å². The Hall–Kier alpha value is -0.960. The van der Waals surface area contributed by atoms with Crippen molar-refractivity contribution < 1.29 is 9.47 Å². The first-order valence-electron chi connectivity index (χ1n) is 3.50. The van der Waals surface area contributed by atoms with Gasteiger partial charge in [-0.25, -0.2) is 0 Å². The van der Waals surface area contributed by atoms with Crippen molar-refractivity contribution >= 4 is 11.6 Å². The van der Waals surface area contributed by atoms with Crippen LogP contribution in [0.2, 0.25) is 5.15 Å². The van der Waals surface area contributed by atoms with E-state index in [1.165, 1.54) is 6.20 Å². The Balaban J connectivity index is 3.40. The maximum absolute atomic E-state index is 11.1. The van der Waals surface area contributed by atoms with Crippen molar-refractivity contribution in [1.29, 1.82) is 0 Å². The third-order valence-corrected chi connectivity index (χ3v) is 2.17. The van der Waals surface area contributed by atoms with E-state index in [-0.39, 0.29) is 5.15 Å². The molecule has 3 nitrogen and oxygen atoms in total. The Labute approximate surface area is 76.1 Å². The lowest BCUT2D eigenvalue weighted by molar-refractivity contribution is -0.603. The summed E-state index contributed by atoms with van der Waals surface area (Å²) in [7, 11) is 1.56. The van der Waals surface area contributed by atoms with Gasteiger partial charge in [-0.05, 0) is 25.4 Å². The number of halogens is 1. The fourth-order valence-corrected chi connectivity index (χ4v) is 1.29. The summed E-state index contributed by atoms with van der Waals surface area (Å²) < 4.78 is 5.71. The molecule has 1 rings (SSSR count). The average Bonchev–Trinajstić information content (AvgIpc) is 2.01. The van der Waals surface area contributed by atoms with Gasteiger partial charge >= 0.3 is 0 Å². The molecule has 0 spiro atoms. The molecule has 0 fully saturated rings. The minimum Gasteiger partial charge on any atom is -0.618 e. The highest BCUT2D eigenvalue weighted by molar-refractivity contribution is 6.29. The Morgan fingerprint density at radius 3 is 2.58 bits per heavy atom. The molecule has 0 N–H and O–H groups in total. The van der Waals surface area contributed by atoms with Crippen LogP contribution in [0.15, 0.2) is 6.20 Å². The lowest BCUT2D eigenvalue weighted by Gasteiger charge is -2.08. The topological polar surface area (TPSA) is 36.2 Å². The molecule has 0 bridgehead atoms. The SMILES string of the molecule is COc1c(C)c[n+]([O-])c(Cl)c1C. The van der Waals surface area contributed by atoms with E-state index in [1.54, 1.807) is 21.0 Å². The number of hydrogen-bond acceptors (Lipinski definition) is 2. The van der Waals surface area contributed by atoms with Crippen LogP contribution in [0.4, 0.5) is 0 Å². The van der Waals surface area contributed by atoms with E-state index < -0.39 is 0 Å². The van der Waals surface area contributed by atoms with E-state index in [0.717, 1.165) is 5.56 Å².